The van der Waals surface area contributed by atoms with Crippen LogP contribution >= 0.6 is 0 Å². The van der Waals surface area contributed by atoms with Crippen LogP contribution in [-0.4, -0.2) is 27.2 Å². The highest BCUT2D eigenvalue weighted by Crippen LogP contribution is 2.24. The second-order valence-corrected chi connectivity index (χ2v) is 6.37. The fourth-order valence-corrected chi connectivity index (χ4v) is 2.91. The molecule has 1 aliphatic rings. The Morgan fingerprint density at radius 3 is 2.74 bits per heavy atom. The van der Waals surface area contributed by atoms with Crippen LogP contribution in [0.15, 0.2) is 23.1 Å². The summed E-state index contributed by atoms with van der Waals surface area (Å²) in [6, 6.07) is 5.01. The maximum absolute atomic E-state index is 11.3. The highest BCUT2D eigenvalue weighted by atomic mass is 32.2. The summed E-state index contributed by atoms with van der Waals surface area (Å²) in [6.07, 6.45) is 2.06. The van der Waals surface area contributed by atoms with Gasteiger partial charge in [0.05, 0.1) is 11.8 Å². The molecule has 2 rings (SSSR count). The first kappa shape index (κ1) is 14.1. The quantitative estimate of drug-likeness (QED) is 0.715. The van der Waals surface area contributed by atoms with Gasteiger partial charge < -0.3 is 15.8 Å². The minimum atomic E-state index is -3.76. The van der Waals surface area contributed by atoms with Crippen LogP contribution in [0.5, 0.6) is 0 Å². The zero-order valence-electron chi connectivity index (χ0n) is 10.8. The lowest BCUT2D eigenvalue weighted by Crippen LogP contribution is -2.32. The number of primary sulfonamides is 1. The average Bonchev–Trinajstić information content (AvgIpc) is 2.27. The molecule has 1 saturated heterocycles. The van der Waals surface area contributed by atoms with Crippen molar-refractivity contribution in [3.8, 4) is 0 Å². The molecule has 0 saturated carbocycles. The normalized spacial score (nSPS) is 24.1. The first-order chi connectivity index (χ1) is 8.86. The molecular weight excluding hydrogens is 266 g/mol. The summed E-state index contributed by atoms with van der Waals surface area (Å²) in [4.78, 5) is -0.0432. The smallest absolute Gasteiger partial charge is 0.240 e. The van der Waals surface area contributed by atoms with Crippen LogP contribution in [0.25, 0.3) is 0 Å². The Morgan fingerprint density at radius 2 is 2.16 bits per heavy atom. The third-order valence-corrected chi connectivity index (χ3v) is 4.16. The number of ether oxygens (including phenoxy) is 1. The molecule has 2 unspecified atom stereocenters. The van der Waals surface area contributed by atoms with Crippen LogP contribution in [0.2, 0.25) is 0 Å². The molecule has 19 heavy (non-hydrogen) atoms. The molecule has 106 valence electrons. The van der Waals surface area contributed by atoms with Crippen LogP contribution in [0, 0.1) is 0 Å². The maximum atomic E-state index is 11.3. The van der Waals surface area contributed by atoms with Gasteiger partial charge in [0.2, 0.25) is 10.0 Å². The average molecular weight is 285 g/mol. The Labute approximate surface area is 113 Å². The van der Waals surface area contributed by atoms with E-state index in [-0.39, 0.29) is 16.7 Å². The Hall–Kier alpha value is -1.31. The molecule has 0 bridgehead atoms. The minimum Gasteiger partial charge on any atom is -0.398 e. The van der Waals surface area contributed by atoms with E-state index in [1.165, 1.54) is 6.07 Å². The standard InChI is InChI=1S/C12H19N3O3S/c1-8-6-10(4-5-18-8)15-9-2-3-12(11(13)7-9)19(14,16)17/h2-3,7-8,10,15H,4-6,13H2,1H3,(H2,14,16,17). The van der Waals surface area contributed by atoms with Crippen molar-refractivity contribution < 1.29 is 13.2 Å². The molecule has 1 fully saturated rings. The van der Waals surface area contributed by atoms with E-state index in [0.717, 1.165) is 25.1 Å². The van der Waals surface area contributed by atoms with Gasteiger partial charge >= 0.3 is 0 Å². The third kappa shape index (κ3) is 3.59. The Morgan fingerprint density at radius 1 is 1.42 bits per heavy atom. The van der Waals surface area contributed by atoms with Gasteiger partial charge in [0.1, 0.15) is 4.90 Å². The zero-order chi connectivity index (χ0) is 14.0. The van der Waals surface area contributed by atoms with Gasteiger partial charge in [0.15, 0.2) is 0 Å². The summed E-state index contributed by atoms with van der Waals surface area (Å²) in [5, 5.41) is 8.40. The number of benzene rings is 1. The van der Waals surface area contributed by atoms with Gasteiger partial charge in [-0.05, 0) is 38.0 Å². The number of nitrogens with two attached hydrogens (primary N) is 2. The van der Waals surface area contributed by atoms with Crippen molar-refractivity contribution in [1.82, 2.24) is 0 Å². The van der Waals surface area contributed by atoms with Gasteiger partial charge in [-0.25, -0.2) is 13.6 Å². The minimum absolute atomic E-state index is 0.0432. The van der Waals surface area contributed by atoms with Gasteiger partial charge in [0, 0.05) is 18.3 Å². The maximum Gasteiger partial charge on any atom is 0.240 e. The number of hydrogen-bond acceptors (Lipinski definition) is 5. The molecule has 0 radical (unpaired) electrons. The molecule has 0 amide bonds. The first-order valence-corrected chi connectivity index (χ1v) is 7.71. The zero-order valence-corrected chi connectivity index (χ0v) is 11.6. The first-order valence-electron chi connectivity index (χ1n) is 6.17. The van der Waals surface area contributed by atoms with Crippen LogP contribution in [0.4, 0.5) is 11.4 Å². The second kappa shape index (κ2) is 5.36. The van der Waals surface area contributed by atoms with Crippen molar-refractivity contribution >= 4 is 21.4 Å². The summed E-state index contributed by atoms with van der Waals surface area (Å²) in [5.74, 6) is 0. The third-order valence-electron chi connectivity index (χ3n) is 3.17. The Balaban J connectivity index is 2.12. The van der Waals surface area contributed by atoms with Crippen LogP contribution in [0.3, 0.4) is 0 Å². The monoisotopic (exact) mass is 285 g/mol. The molecule has 0 aromatic heterocycles. The molecule has 1 aromatic carbocycles. The largest absolute Gasteiger partial charge is 0.398 e. The molecule has 0 aliphatic carbocycles. The van der Waals surface area contributed by atoms with Gasteiger partial charge in [-0.3, -0.25) is 0 Å². The van der Waals surface area contributed by atoms with Gasteiger partial charge in [-0.1, -0.05) is 0 Å². The van der Waals surface area contributed by atoms with E-state index < -0.39 is 10.0 Å². The van der Waals surface area contributed by atoms with E-state index in [0.29, 0.717) is 6.04 Å². The van der Waals surface area contributed by atoms with E-state index in [1.807, 2.05) is 6.92 Å². The van der Waals surface area contributed by atoms with E-state index >= 15 is 0 Å². The van der Waals surface area contributed by atoms with Gasteiger partial charge in [-0.15, -0.1) is 0 Å². The number of anilines is 2. The summed E-state index contributed by atoms with van der Waals surface area (Å²) in [6.45, 7) is 2.76. The molecule has 2 atom stereocenters. The molecule has 5 N–H and O–H groups in total. The van der Waals surface area contributed by atoms with Crippen molar-refractivity contribution in [3.05, 3.63) is 18.2 Å². The number of rotatable bonds is 3. The molecule has 6 nitrogen and oxygen atoms in total. The molecule has 1 heterocycles. The predicted molar refractivity (Wildman–Crippen MR) is 74.3 cm³/mol. The summed E-state index contributed by atoms with van der Waals surface area (Å²) < 4.78 is 28.0. The number of nitrogens with one attached hydrogen (secondary N) is 1. The highest BCUT2D eigenvalue weighted by molar-refractivity contribution is 7.89. The van der Waals surface area contributed by atoms with Crippen molar-refractivity contribution in [1.29, 1.82) is 0 Å². The fraction of sp³-hybridized carbons (Fsp3) is 0.500. The van der Waals surface area contributed by atoms with Gasteiger partial charge in [-0.2, -0.15) is 0 Å². The van der Waals surface area contributed by atoms with Crippen LogP contribution in [-0.2, 0) is 14.8 Å². The Kier molecular flexibility index (Phi) is 3.98. The summed E-state index contributed by atoms with van der Waals surface area (Å²) in [7, 11) is -3.76. The molecule has 1 aromatic rings. The van der Waals surface area contributed by atoms with E-state index in [4.69, 9.17) is 15.6 Å². The lowest BCUT2D eigenvalue weighted by molar-refractivity contribution is 0.0232. The van der Waals surface area contributed by atoms with Crippen molar-refractivity contribution in [3.63, 3.8) is 0 Å². The van der Waals surface area contributed by atoms with E-state index in [9.17, 15) is 8.42 Å². The predicted octanol–water partition coefficient (Wildman–Crippen LogP) is 0.896. The lowest BCUT2D eigenvalue weighted by Gasteiger charge is -2.28. The summed E-state index contributed by atoms with van der Waals surface area (Å²) in [5.41, 5.74) is 6.67. The summed E-state index contributed by atoms with van der Waals surface area (Å²) >= 11 is 0. The molecule has 7 heteroatoms. The SMILES string of the molecule is CC1CC(Nc2ccc(S(N)(=O)=O)c(N)c2)CCO1. The lowest BCUT2D eigenvalue weighted by atomic mass is 10.0. The van der Waals surface area contributed by atoms with Crippen LogP contribution < -0.4 is 16.2 Å². The number of hydrogen-bond donors (Lipinski definition) is 3. The van der Waals surface area contributed by atoms with Crippen molar-refractivity contribution in [2.24, 2.45) is 5.14 Å². The topological polar surface area (TPSA) is 107 Å². The number of nitrogen functional groups attached to an aromatic ring is 1. The highest BCUT2D eigenvalue weighted by Gasteiger charge is 2.19. The fourth-order valence-electron chi connectivity index (χ4n) is 2.26. The van der Waals surface area contributed by atoms with Gasteiger partial charge in [0.25, 0.3) is 0 Å². The van der Waals surface area contributed by atoms with E-state index in [1.54, 1.807) is 12.1 Å². The second-order valence-electron chi connectivity index (χ2n) is 4.84. The molecule has 0 spiro atoms. The van der Waals surface area contributed by atoms with Crippen LogP contribution in [0.1, 0.15) is 19.8 Å². The molecule has 1 aliphatic heterocycles. The van der Waals surface area contributed by atoms with Crippen molar-refractivity contribution in [2.45, 2.75) is 36.8 Å². The van der Waals surface area contributed by atoms with E-state index in [2.05, 4.69) is 5.32 Å². The molecular formula is C12H19N3O3S. The number of sulfonamides is 1. The van der Waals surface area contributed by atoms with Crippen molar-refractivity contribution in [2.75, 3.05) is 17.7 Å². The Bertz CT molecular complexity index is 559.